The standard InChI is InChI=1S/C23H23ClN2O6/c24-17-7-3-4-8-20(17)32-21-11-9-16(14-19(21)26(30)31)13-18(23(28)29)25-22(27)12-10-15-5-1-2-6-15/h3-4,7-9,11,13-15H,1-2,5-6,10,12H2,(H,25,27)(H,28,29)/b18-13+. The molecule has 8 nitrogen and oxygen atoms in total. The van der Waals surface area contributed by atoms with Gasteiger partial charge in [-0.1, -0.05) is 55.5 Å². The van der Waals surface area contributed by atoms with Crippen molar-refractivity contribution in [2.45, 2.75) is 38.5 Å². The van der Waals surface area contributed by atoms with Crippen LogP contribution < -0.4 is 10.1 Å². The minimum atomic E-state index is -1.33. The molecule has 0 aliphatic heterocycles. The van der Waals surface area contributed by atoms with Gasteiger partial charge in [0.05, 0.1) is 9.95 Å². The molecule has 9 heteroatoms. The van der Waals surface area contributed by atoms with E-state index in [4.69, 9.17) is 16.3 Å². The fourth-order valence-corrected chi connectivity index (χ4v) is 3.84. The second kappa shape index (κ2) is 10.8. The number of nitrogens with zero attached hydrogens (tertiary/aromatic N) is 1. The number of ether oxygens (including phenoxy) is 1. The topological polar surface area (TPSA) is 119 Å². The van der Waals surface area contributed by atoms with Crippen molar-refractivity contribution >= 4 is 35.2 Å². The Labute approximate surface area is 190 Å². The van der Waals surface area contributed by atoms with Crippen LogP contribution in [0.15, 0.2) is 48.2 Å². The van der Waals surface area contributed by atoms with Gasteiger partial charge in [0.25, 0.3) is 0 Å². The summed E-state index contributed by atoms with van der Waals surface area (Å²) in [5.41, 5.74) is -0.483. The second-order valence-electron chi connectivity index (χ2n) is 7.62. The fraction of sp³-hybridized carbons (Fsp3) is 0.304. The first-order valence-corrected chi connectivity index (χ1v) is 10.7. The van der Waals surface area contributed by atoms with Crippen molar-refractivity contribution in [2.24, 2.45) is 5.92 Å². The number of amides is 1. The van der Waals surface area contributed by atoms with Gasteiger partial charge in [0.15, 0.2) is 0 Å². The monoisotopic (exact) mass is 458 g/mol. The summed E-state index contributed by atoms with van der Waals surface area (Å²) in [7, 11) is 0. The fourth-order valence-electron chi connectivity index (χ4n) is 3.66. The molecule has 1 aliphatic carbocycles. The van der Waals surface area contributed by atoms with Crippen LogP contribution in [-0.2, 0) is 9.59 Å². The Morgan fingerprint density at radius 3 is 2.56 bits per heavy atom. The first kappa shape index (κ1) is 23.3. The molecule has 1 amide bonds. The van der Waals surface area contributed by atoms with Gasteiger partial charge in [0.2, 0.25) is 11.7 Å². The molecule has 2 aromatic carbocycles. The largest absolute Gasteiger partial charge is 0.477 e. The molecule has 1 fully saturated rings. The van der Waals surface area contributed by atoms with E-state index in [1.54, 1.807) is 24.3 Å². The van der Waals surface area contributed by atoms with E-state index in [0.717, 1.165) is 19.3 Å². The highest BCUT2D eigenvalue weighted by atomic mass is 35.5. The summed E-state index contributed by atoms with van der Waals surface area (Å²) >= 11 is 6.05. The lowest BCUT2D eigenvalue weighted by Gasteiger charge is -2.10. The molecule has 0 saturated heterocycles. The molecule has 1 saturated carbocycles. The van der Waals surface area contributed by atoms with Gasteiger partial charge in [-0.05, 0) is 42.2 Å². The Morgan fingerprint density at radius 2 is 1.91 bits per heavy atom. The lowest BCUT2D eigenvalue weighted by molar-refractivity contribution is -0.385. The third-order valence-electron chi connectivity index (χ3n) is 5.31. The number of carboxylic acids is 1. The van der Waals surface area contributed by atoms with E-state index in [-0.39, 0.29) is 34.9 Å². The number of aliphatic carboxylic acids is 1. The van der Waals surface area contributed by atoms with Crippen molar-refractivity contribution in [3.8, 4) is 11.5 Å². The molecule has 32 heavy (non-hydrogen) atoms. The maximum atomic E-state index is 12.2. The summed E-state index contributed by atoms with van der Waals surface area (Å²) in [5.74, 6) is -1.01. The molecule has 0 bridgehead atoms. The Bertz CT molecular complexity index is 1050. The van der Waals surface area contributed by atoms with E-state index < -0.39 is 16.8 Å². The summed E-state index contributed by atoms with van der Waals surface area (Å²) in [5, 5.41) is 23.7. The van der Waals surface area contributed by atoms with Crippen LogP contribution in [0, 0.1) is 16.0 Å². The van der Waals surface area contributed by atoms with E-state index in [0.29, 0.717) is 10.9 Å². The third-order valence-corrected chi connectivity index (χ3v) is 5.62. The smallest absolute Gasteiger partial charge is 0.352 e. The second-order valence-corrected chi connectivity index (χ2v) is 8.02. The van der Waals surface area contributed by atoms with Crippen molar-refractivity contribution in [2.75, 3.05) is 0 Å². The molecule has 168 valence electrons. The van der Waals surface area contributed by atoms with E-state index in [2.05, 4.69) is 5.32 Å². The first-order chi connectivity index (χ1) is 15.3. The number of hydrogen-bond acceptors (Lipinski definition) is 5. The number of rotatable bonds is 9. The van der Waals surface area contributed by atoms with Crippen molar-refractivity contribution in [1.82, 2.24) is 5.32 Å². The lowest BCUT2D eigenvalue weighted by atomic mass is 10.0. The predicted octanol–water partition coefficient (Wildman–Crippen LogP) is 5.55. The number of nitro groups is 1. The predicted molar refractivity (Wildman–Crippen MR) is 120 cm³/mol. The van der Waals surface area contributed by atoms with Crippen LogP contribution in [0.1, 0.15) is 44.1 Å². The quantitative estimate of drug-likeness (QED) is 0.289. The van der Waals surface area contributed by atoms with Crippen LogP contribution in [-0.4, -0.2) is 21.9 Å². The summed E-state index contributed by atoms with van der Waals surface area (Å²) in [4.78, 5) is 34.7. The molecule has 0 spiro atoms. The molecule has 3 rings (SSSR count). The zero-order valence-electron chi connectivity index (χ0n) is 17.3. The molecule has 0 atom stereocenters. The van der Waals surface area contributed by atoms with Crippen LogP contribution in [0.5, 0.6) is 11.5 Å². The van der Waals surface area contributed by atoms with Gasteiger partial charge >= 0.3 is 11.7 Å². The number of carbonyl (C=O) groups is 2. The number of nitro benzene ring substituents is 1. The van der Waals surface area contributed by atoms with Gasteiger partial charge < -0.3 is 15.2 Å². The highest BCUT2D eigenvalue weighted by Crippen LogP contribution is 2.35. The molecule has 1 aliphatic rings. The van der Waals surface area contributed by atoms with E-state index >= 15 is 0 Å². The molecular weight excluding hydrogens is 436 g/mol. The van der Waals surface area contributed by atoms with Gasteiger partial charge in [-0.15, -0.1) is 0 Å². The van der Waals surface area contributed by atoms with Crippen molar-refractivity contribution in [3.05, 3.63) is 68.9 Å². The van der Waals surface area contributed by atoms with Crippen LogP contribution >= 0.6 is 11.6 Å². The van der Waals surface area contributed by atoms with Crippen LogP contribution in [0.3, 0.4) is 0 Å². The van der Waals surface area contributed by atoms with Gasteiger partial charge in [-0.2, -0.15) is 0 Å². The van der Waals surface area contributed by atoms with E-state index in [9.17, 15) is 24.8 Å². The maximum Gasteiger partial charge on any atom is 0.352 e. The van der Waals surface area contributed by atoms with Crippen LogP contribution in [0.25, 0.3) is 6.08 Å². The summed E-state index contributed by atoms with van der Waals surface area (Å²) < 4.78 is 5.57. The van der Waals surface area contributed by atoms with E-state index in [1.165, 1.54) is 37.1 Å². The maximum absolute atomic E-state index is 12.2. The number of para-hydroxylation sites is 1. The van der Waals surface area contributed by atoms with Gasteiger partial charge in [-0.25, -0.2) is 4.79 Å². The Hall–Kier alpha value is -3.39. The Kier molecular flexibility index (Phi) is 7.83. The number of halogens is 1. The molecule has 2 N–H and O–H groups in total. The van der Waals surface area contributed by atoms with Gasteiger partial charge in [0, 0.05) is 12.5 Å². The average Bonchev–Trinajstić information content (AvgIpc) is 3.28. The van der Waals surface area contributed by atoms with Crippen molar-refractivity contribution < 1.29 is 24.4 Å². The number of carbonyl (C=O) groups excluding carboxylic acids is 1. The van der Waals surface area contributed by atoms with Gasteiger partial charge in [0.1, 0.15) is 11.4 Å². The van der Waals surface area contributed by atoms with Crippen LogP contribution in [0.2, 0.25) is 5.02 Å². The molecular formula is C23H23ClN2O6. The zero-order chi connectivity index (χ0) is 23.1. The highest BCUT2D eigenvalue weighted by molar-refractivity contribution is 6.32. The number of hydrogen-bond donors (Lipinski definition) is 2. The lowest BCUT2D eigenvalue weighted by Crippen LogP contribution is -2.27. The SMILES string of the molecule is O=C(CCC1CCCC1)N/C(=C/c1ccc(Oc2ccccc2Cl)c([N+](=O)[O-])c1)C(=O)O. The Morgan fingerprint density at radius 1 is 1.19 bits per heavy atom. The van der Waals surface area contributed by atoms with E-state index in [1.807, 2.05) is 0 Å². The molecule has 0 heterocycles. The van der Waals surface area contributed by atoms with Crippen LogP contribution in [0.4, 0.5) is 5.69 Å². The summed E-state index contributed by atoms with van der Waals surface area (Å²) in [6.07, 6.45) is 6.67. The summed E-state index contributed by atoms with van der Waals surface area (Å²) in [6, 6.07) is 10.5. The highest BCUT2D eigenvalue weighted by Gasteiger charge is 2.20. The molecule has 2 aromatic rings. The average molecular weight is 459 g/mol. The zero-order valence-corrected chi connectivity index (χ0v) is 18.0. The number of nitrogens with one attached hydrogen (secondary N) is 1. The minimum absolute atomic E-state index is 0.0438. The number of carboxylic acid groups (broad SMARTS) is 1. The van der Waals surface area contributed by atoms with Gasteiger partial charge in [-0.3, -0.25) is 14.9 Å². The van der Waals surface area contributed by atoms with Crippen molar-refractivity contribution in [3.63, 3.8) is 0 Å². The Balaban J connectivity index is 1.77. The molecule has 0 radical (unpaired) electrons. The first-order valence-electron chi connectivity index (χ1n) is 10.3. The third kappa shape index (κ3) is 6.31. The molecule has 0 aromatic heterocycles. The van der Waals surface area contributed by atoms with Crippen molar-refractivity contribution in [1.29, 1.82) is 0 Å². The normalized spacial score (nSPS) is 14.2. The number of benzene rings is 2. The minimum Gasteiger partial charge on any atom is -0.477 e. The molecule has 0 unspecified atom stereocenters. The summed E-state index contributed by atoms with van der Waals surface area (Å²) in [6.45, 7) is 0.